The van der Waals surface area contributed by atoms with E-state index in [9.17, 15) is 9.59 Å². The fourth-order valence-electron chi connectivity index (χ4n) is 14.8. The molecule has 3 aromatic heterocycles. The van der Waals surface area contributed by atoms with Gasteiger partial charge in [0.2, 0.25) is 0 Å². The number of allylic oxidation sites excluding steroid dienone is 1. The molecule has 3 N–H and O–H groups in total. The van der Waals surface area contributed by atoms with Crippen LogP contribution in [0.3, 0.4) is 0 Å². The first kappa shape index (κ1) is 52.1. The molecular weight excluding hydrogens is 946 g/mol. The fourth-order valence-corrected chi connectivity index (χ4v) is 15.0. The Kier molecular flexibility index (Phi) is 15.3. The van der Waals surface area contributed by atoms with Crippen molar-refractivity contribution in [3.63, 3.8) is 0 Å². The maximum atomic E-state index is 14.2. The zero-order chi connectivity index (χ0) is 52.0. The quantitative estimate of drug-likeness (QED) is 0.0760. The summed E-state index contributed by atoms with van der Waals surface area (Å²) >= 11 is 6.04. The first-order valence-electron chi connectivity index (χ1n) is 27.5. The number of ether oxygens (including phenoxy) is 3. The number of rotatable bonds is 13. The lowest BCUT2D eigenvalue weighted by molar-refractivity contribution is -0.162. The van der Waals surface area contributed by atoms with Crippen molar-refractivity contribution in [3.8, 4) is 5.75 Å². The number of para-hydroxylation sites is 1. The summed E-state index contributed by atoms with van der Waals surface area (Å²) in [6.07, 6.45) is 11.8. The van der Waals surface area contributed by atoms with E-state index in [2.05, 4.69) is 119 Å². The van der Waals surface area contributed by atoms with Crippen LogP contribution in [0.2, 0.25) is 5.02 Å². The first-order valence-corrected chi connectivity index (χ1v) is 27.9. The zero-order valence-corrected chi connectivity index (χ0v) is 45.9. The Morgan fingerprint density at radius 2 is 1.78 bits per heavy atom. The average molecular weight is 1020 g/mol. The molecule has 2 aliphatic carbocycles. The van der Waals surface area contributed by atoms with Crippen molar-refractivity contribution in [2.75, 3.05) is 73.0 Å². The number of piperidine rings is 3. The number of benzene rings is 3. The molecule has 0 spiro atoms. The van der Waals surface area contributed by atoms with Crippen molar-refractivity contribution >= 4 is 61.9 Å². The van der Waals surface area contributed by atoms with Crippen molar-refractivity contribution in [2.24, 2.45) is 23.7 Å². The van der Waals surface area contributed by atoms with Crippen LogP contribution in [0.1, 0.15) is 107 Å². The van der Waals surface area contributed by atoms with Gasteiger partial charge in [0.05, 0.1) is 32.8 Å². The molecule has 12 rings (SSSR count). The number of likely N-dealkylation sites (tertiary alicyclic amines) is 1. The molecule has 4 fully saturated rings. The van der Waals surface area contributed by atoms with E-state index in [0.29, 0.717) is 17.9 Å². The van der Waals surface area contributed by atoms with Crippen molar-refractivity contribution in [2.45, 2.75) is 115 Å². The van der Waals surface area contributed by atoms with Crippen LogP contribution in [-0.4, -0.2) is 127 Å². The molecule has 0 amide bonds. The van der Waals surface area contributed by atoms with Gasteiger partial charge in [-0.3, -0.25) is 24.4 Å². The highest BCUT2D eigenvalue weighted by atomic mass is 35.5. The van der Waals surface area contributed by atoms with E-state index in [-0.39, 0.29) is 41.8 Å². The van der Waals surface area contributed by atoms with Crippen LogP contribution < -0.4 is 10.1 Å². The predicted octanol–water partition coefficient (Wildman–Crippen LogP) is 11.3. The van der Waals surface area contributed by atoms with Gasteiger partial charge in [-0.1, -0.05) is 68.6 Å². The molecular formula is C61H78ClN7O5. The van der Waals surface area contributed by atoms with Gasteiger partial charge in [0.1, 0.15) is 11.2 Å². The lowest BCUT2D eigenvalue weighted by atomic mass is 9.56. The van der Waals surface area contributed by atoms with Crippen LogP contribution in [0.15, 0.2) is 78.5 Å². The number of esters is 2. The number of hydrogen-bond donors (Lipinski definition) is 3. The van der Waals surface area contributed by atoms with Gasteiger partial charge in [-0.05, 0) is 157 Å². The van der Waals surface area contributed by atoms with Crippen LogP contribution in [0, 0.1) is 23.7 Å². The normalized spacial score (nSPS) is 27.1. The number of likely N-dealkylation sites (N-methyl/N-ethyl adjacent to an activating group) is 1. The van der Waals surface area contributed by atoms with Crippen LogP contribution in [0.25, 0.3) is 32.7 Å². The minimum atomic E-state index is -0.725. The number of methoxy groups -OCH3 is 3. The van der Waals surface area contributed by atoms with Gasteiger partial charge < -0.3 is 34.4 Å². The molecule has 3 saturated heterocycles. The molecule has 0 radical (unpaired) electrons. The van der Waals surface area contributed by atoms with Gasteiger partial charge in [0.15, 0.2) is 0 Å². The number of nitrogens with one attached hydrogen (secondary N) is 3. The van der Waals surface area contributed by atoms with Crippen molar-refractivity contribution in [1.29, 1.82) is 0 Å². The number of halogens is 1. The number of aromatic amines is 2. The molecule has 6 aromatic rings. The summed E-state index contributed by atoms with van der Waals surface area (Å²) in [7, 11) is 6.99. The summed E-state index contributed by atoms with van der Waals surface area (Å²) in [5.41, 5.74) is 10.6. The monoisotopic (exact) mass is 1020 g/mol. The molecule has 10 atom stereocenters. The number of H-pyrrole nitrogens is 2. The number of hydrogen-bond acceptors (Lipinski definition) is 10. The van der Waals surface area contributed by atoms with Crippen molar-refractivity contribution < 1.29 is 23.8 Å². The summed E-state index contributed by atoms with van der Waals surface area (Å²) in [5, 5.41) is 7.79. The lowest BCUT2D eigenvalue weighted by Gasteiger charge is -2.57. The van der Waals surface area contributed by atoms with Gasteiger partial charge in [0, 0.05) is 105 Å². The van der Waals surface area contributed by atoms with Crippen LogP contribution >= 0.6 is 11.6 Å². The van der Waals surface area contributed by atoms with Gasteiger partial charge in [-0.15, -0.1) is 0 Å². The Bertz CT molecular complexity index is 3050. The molecule has 2 unspecified atom stereocenters. The zero-order valence-electron chi connectivity index (χ0n) is 45.2. The molecule has 6 aliphatic rings. The molecule has 13 heteroatoms. The first-order chi connectivity index (χ1) is 35.9. The van der Waals surface area contributed by atoms with E-state index < -0.39 is 5.41 Å². The third kappa shape index (κ3) is 9.19. The molecule has 74 heavy (non-hydrogen) atoms. The maximum Gasteiger partial charge on any atom is 0.319 e. The molecule has 12 nitrogen and oxygen atoms in total. The highest BCUT2D eigenvalue weighted by Gasteiger charge is 2.63. The highest BCUT2D eigenvalue weighted by Crippen LogP contribution is 2.56. The minimum absolute atomic E-state index is 0.00122. The number of nitrogens with zero attached hydrogens (tertiary/aromatic N) is 4. The molecule has 4 aliphatic heterocycles. The van der Waals surface area contributed by atoms with Gasteiger partial charge >= 0.3 is 11.9 Å². The number of aromatic nitrogens is 3. The second-order valence-corrected chi connectivity index (χ2v) is 22.5. The largest absolute Gasteiger partial charge is 0.496 e. The summed E-state index contributed by atoms with van der Waals surface area (Å²) in [6, 6.07) is 21.5. The summed E-state index contributed by atoms with van der Waals surface area (Å²) < 4.78 is 17.6. The van der Waals surface area contributed by atoms with Crippen LogP contribution in [-0.2, 0) is 37.3 Å². The Labute approximate surface area is 442 Å². The summed E-state index contributed by atoms with van der Waals surface area (Å²) in [5.74, 6) is 1.11. The van der Waals surface area contributed by atoms with Gasteiger partial charge in [-0.2, -0.15) is 0 Å². The fraction of sp³-hybridized carbons (Fsp3) is 0.525. The summed E-state index contributed by atoms with van der Waals surface area (Å²) in [4.78, 5) is 47.6. The van der Waals surface area contributed by atoms with Gasteiger partial charge in [0.25, 0.3) is 0 Å². The van der Waals surface area contributed by atoms with E-state index >= 15 is 0 Å². The number of carbonyl (C=O) groups excluding carboxylic acids is 2. The Morgan fingerprint density at radius 1 is 0.973 bits per heavy atom. The topological polar surface area (TPSA) is 128 Å². The third-order valence-corrected chi connectivity index (χ3v) is 18.5. The average Bonchev–Trinajstić information content (AvgIpc) is 3.94. The SMILES string of the molecule is C/C=C1/CN(C)[C@H]2Cc3c([nH]c4ccccc34)[C@@H](c3cc4[nH]c5c(c4cc3OC)CCN3C[C@@H]4C[C@H](CC)[C@H]3[C@@]5(C(=O)OC)C4)C[C@@H]1[C@@H]2C(=O)OC.CCN(CC)CCCC(C)Nc1ccnc2cc(Cl)ccc12. The van der Waals surface area contributed by atoms with Crippen molar-refractivity contribution in [1.82, 2.24) is 29.7 Å². The Hall–Kier alpha value is -5.40. The number of carbonyl (C=O) groups is 2. The predicted molar refractivity (Wildman–Crippen MR) is 299 cm³/mol. The molecule has 7 heterocycles. The molecule has 394 valence electrons. The van der Waals surface area contributed by atoms with E-state index in [4.69, 9.17) is 25.8 Å². The molecule has 1 saturated carbocycles. The number of pyridine rings is 1. The van der Waals surface area contributed by atoms with E-state index in [0.717, 1.165) is 126 Å². The highest BCUT2D eigenvalue weighted by molar-refractivity contribution is 6.31. The second-order valence-electron chi connectivity index (χ2n) is 22.0. The minimum Gasteiger partial charge on any atom is -0.496 e. The van der Waals surface area contributed by atoms with E-state index in [1.807, 2.05) is 30.5 Å². The molecule has 3 aromatic carbocycles. The maximum absolute atomic E-state index is 14.2. The van der Waals surface area contributed by atoms with Gasteiger partial charge in [-0.25, -0.2) is 0 Å². The summed E-state index contributed by atoms with van der Waals surface area (Å²) in [6.45, 7) is 17.3. The van der Waals surface area contributed by atoms with E-state index in [1.54, 1.807) is 14.2 Å². The molecule has 6 bridgehead atoms. The van der Waals surface area contributed by atoms with Crippen LogP contribution in [0.5, 0.6) is 5.75 Å². The van der Waals surface area contributed by atoms with Crippen LogP contribution in [0.4, 0.5) is 5.69 Å². The second kappa shape index (κ2) is 21.7. The lowest BCUT2D eigenvalue weighted by Crippen LogP contribution is -2.67. The third-order valence-electron chi connectivity index (χ3n) is 18.3. The number of fused-ring (bicyclic) bond motifs is 10. The standard InChI is InChI=1S/C43H52N4O5.C18H26ClN3/c1-7-24-15-23-20-43(42(49)52-6)39-27(13-14-47(21-23)40(24)43)29-19-36(50-4)30(17-34(29)45-39)31-16-28-25(8-2)22-46(3)35(37(28)41(48)51-5)18-32-26-11-9-10-12-33(26)44-38(31)32;1-4-22(5-2)12-6-7-14(3)21-17-10-11-20-18-13-15(19)8-9-16(17)18/h8-12,17,19,23-24,28,31,35,37,40,44-45H,7,13-16,18,20-22H2,1-6H3;8-11,13-14H,4-7,12H2,1-3H3,(H,20,21)/b25-8-;/t23-,24+,28+,31-,35+,37+,40+,43-;/m1./s1. The van der Waals surface area contributed by atoms with Crippen molar-refractivity contribution in [3.05, 3.63) is 112 Å². The Balaban J connectivity index is 0.000000239. The smallest absolute Gasteiger partial charge is 0.319 e. The number of anilines is 1. The van der Waals surface area contributed by atoms with E-state index in [1.165, 1.54) is 54.3 Å². The Morgan fingerprint density at radius 3 is 2.53 bits per heavy atom.